The Balaban J connectivity index is 1.90. The van der Waals surface area contributed by atoms with E-state index in [1.165, 1.54) is 0 Å². The van der Waals surface area contributed by atoms with Gasteiger partial charge in [-0.1, -0.05) is 48.5 Å². The maximum absolute atomic E-state index is 12.5. The number of hydrogen-bond acceptors (Lipinski definition) is 3. The third-order valence-electron chi connectivity index (χ3n) is 3.68. The Bertz CT molecular complexity index is 903. The molecule has 0 spiro atoms. The van der Waals surface area contributed by atoms with Crippen LogP contribution >= 0.6 is 0 Å². The molecule has 0 bridgehead atoms. The van der Waals surface area contributed by atoms with Crippen molar-refractivity contribution in [3.8, 4) is 0 Å². The van der Waals surface area contributed by atoms with Crippen molar-refractivity contribution in [3.63, 3.8) is 0 Å². The molecule has 1 heterocycles. The van der Waals surface area contributed by atoms with Crippen LogP contribution in [-0.4, -0.2) is 22.5 Å². The summed E-state index contributed by atoms with van der Waals surface area (Å²) in [6.45, 7) is 6.18. The minimum absolute atomic E-state index is 0.383. The summed E-state index contributed by atoms with van der Waals surface area (Å²) in [6, 6.07) is 17.8. The van der Waals surface area contributed by atoms with Crippen molar-refractivity contribution < 1.29 is 9.53 Å². The predicted octanol–water partition coefficient (Wildman–Crippen LogP) is 5.04. The fraction of sp³-hybridized carbons (Fsp3) is 0.238. The first kappa shape index (κ1) is 17.0. The molecule has 0 fully saturated rings. The summed E-state index contributed by atoms with van der Waals surface area (Å²) in [7, 11) is 0. The minimum atomic E-state index is -0.538. The van der Waals surface area contributed by atoms with Crippen LogP contribution in [0.15, 0.2) is 65.8 Å². The van der Waals surface area contributed by atoms with Gasteiger partial charge in [0.25, 0.3) is 0 Å². The van der Waals surface area contributed by atoms with Crippen molar-refractivity contribution in [2.24, 2.45) is 4.99 Å². The maximum atomic E-state index is 12.5. The fourth-order valence-corrected chi connectivity index (χ4v) is 2.60. The minimum Gasteiger partial charge on any atom is -0.443 e. The second kappa shape index (κ2) is 6.93. The van der Waals surface area contributed by atoms with Gasteiger partial charge in [0, 0.05) is 23.4 Å². The molecule has 0 saturated heterocycles. The molecule has 128 valence electrons. The van der Waals surface area contributed by atoms with Crippen molar-refractivity contribution in [2.45, 2.75) is 32.9 Å². The Labute approximate surface area is 147 Å². The average Bonchev–Trinajstić information content (AvgIpc) is 2.94. The molecule has 25 heavy (non-hydrogen) atoms. The molecule has 4 heteroatoms. The van der Waals surface area contributed by atoms with E-state index in [-0.39, 0.29) is 6.09 Å². The highest BCUT2D eigenvalue weighted by molar-refractivity contribution is 6.02. The molecule has 2 aromatic carbocycles. The van der Waals surface area contributed by atoms with Crippen LogP contribution in [0.2, 0.25) is 0 Å². The number of rotatable bonds is 3. The number of aromatic nitrogens is 1. The topological polar surface area (TPSA) is 43.6 Å². The van der Waals surface area contributed by atoms with Crippen LogP contribution in [0, 0.1) is 0 Å². The zero-order chi connectivity index (χ0) is 17.9. The van der Waals surface area contributed by atoms with E-state index in [0.717, 1.165) is 22.0 Å². The lowest BCUT2D eigenvalue weighted by molar-refractivity contribution is 0.0544. The van der Waals surface area contributed by atoms with Crippen molar-refractivity contribution in [1.29, 1.82) is 0 Å². The lowest BCUT2D eigenvalue weighted by atomic mass is 10.2. The van der Waals surface area contributed by atoms with Crippen LogP contribution in [-0.2, 0) is 11.3 Å². The Morgan fingerprint density at radius 3 is 2.48 bits per heavy atom. The van der Waals surface area contributed by atoms with Gasteiger partial charge in [-0.25, -0.2) is 4.79 Å². The second-order valence-corrected chi connectivity index (χ2v) is 6.91. The molecule has 0 saturated carbocycles. The molecule has 0 amide bonds. The lowest BCUT2D eigenvalue weighted by Gasteiger charge is -2.19. The molecule has 0 radical (unpaired) electrons. The van der Waals surface area contributed by atoms with E-state index in [1.54, 1.807) is 10.8 Å². The van der Waals surface area contributed by atoms with Gasteiger partial charge in [-0.05, 0) is 32.4 Å². The first-order valence-electron chi connectivity index (χ1n) is 8.31. The molecular weight excluding hydrogens is 312 g/mol. The summed E-state index contributed by atoms with van der Waals surface area (Å²) in [5.74, 6) is 0. The van der Waals surface area contributed by atoms with Gasteiger partial charge in [0.05, 0.1) is 12.1 Å². The highest BCUT2D eigenvalue weighted by Gasteiger charge is 2.20. The molecule has 0 aliphatic rings. The van der Waals surface area contributed by atoms with Crippen LogP contribution in [0.5, 0.6) is 0 Å². The summed E-state index contributed by atoms with van der Waals surface area (Å²) in [5, 5.41) is 0.977. The molecular formula is C21H22N2O2. The normalized spacial score (nSPS) is 12.0. The Morgan fingerprint density at radius 2 is 1.76 bits per heavy atom. The monoisotopic (exact) mass is 334 g/mol. The largest absolute Gasteiger partial charge is 0.443 e. The first-order valence-corrected chi connectivity index (χ1v) is 8.31. The van der Waals surface area contributed by atoms with Gasteiger partial charge in [-0.3, -0.25) is 9.56 Å². The molecule has 0 unspecified atom stereocenters. The number of benzene rings is 2. The van der Waals surface area contributed by atoms with Crippen LogP contribution in [0.4, 0.5) is 4.79 Å². The number of fused-ring (bicyclic) bond motifs is 1. The number of para-hydroxylation sites is 1. The lowest BCUT2D eigenvalue weighted by Crippen LogP contribution is -2.26. The van der Waals surface area contributed by atoms with Gasteiger partial charge in [0.1, 0.15) is 5.60 Å². The molecule has 3 rings (SSSR count). The standard InChI is InChI=1S/C21H22N2O2/c1-21(2,3)25-20(24)23-15-17(18-11-7-8-12-19(18)23)14-22-13-16-9-5-4-6-10-16/h4-12,14-15H,13H2,1-3H3. The van der Waals surface area contributed by atoms with Crippen molar-refractivity contribution in [2.75, 3.05) is 0 Å². The number of nitrogens with zero attached hydrogens (tertiary/aromatic N) is 2. The van der Waals surface area contributed by atoms with Gasteiger partial charge in [0.2, 0.25) is 0 Å². The van der Waals surface area contributed by atoms with Gasteiger partial charge in [0.15, 0.2) is 0 Å². The average molecular weight is 334 g/mol. The number of aliphatic imine (C=N–C) groups is 1. The molecule has 0 aliphatic carbocycles. The second-order valence-electron chi connectivity index (χ2n) is 6.91. The Hall–Kier alpha value is -2.88. The van der Waals surface area contributed by atoms with E-state index < -0.39 is 5.60 Å². The molecule has 4 nitrogen and oxygen atoms in total. The Kier molecular flexibility index (Phi) is 4.70. The van der Waals surface area contributed by atoms with Crippen LogP contribution in [0.3, 0.4) is 0 Å². The van der Waals surface area contributed by atoms with E-state index in [2.05, 4.69) is 4.99 Å². The molecule has 0 N–H and O–H groups in total. The third-order valence-corrected chi connectivity index (χ3v) is 3.68. The summed E-state index contributed by atoms with van der Waals surface area (Å²) in [6.07, 6.45) is 3.22. The molecule has 1 aromatic heterocycles. The smallest absolute Gasteiger partial charge is 0.419 e. The molecule has 3 aromatic rings. The number of hydrogen-bond donors (Lipinski definition) is 0. The van der Waals surface area contributed by atoms with Crippen LogP contribution < -0.4 is 0 Å². The summed E-state index contributed by atoms with van der Waals surface area (Å²) in [5.41, 5.74) is 2.33. The van der Waals surface area contributed by atoms with Crippen molar-refractivity contribution >= 4 is 23.2 Å². The zero-order valence-electron chi connectivity index (χ0n) is 14.8. The predicted molar refractivity (Wildman–Crippen MR) is 101 cm³/mol. The van der Waals surface area contributed by atoms with E-state index in [1.807, 2.05) is 81.6 Å². The van der Waals surface area contributed by atoms with Crippen LogP contribution in [0.1, 0.15) is 31.9 Å². The first-order chi connectivity index (χ1) is 11.9. The number of ether oxygens (including phenoxy) is 1. The SMILES string of the molecule is CC(C)(C)OC(=O)n1cc(C=NCc2ccccc2)c2ccccc21. The number of carbonyl (C=O) groups is 1. The summed E-state index contributed by atoms with van der Waals surface area (Å²) in [4.78, 5) is 17.0. The van der Waals surface area contributed by atoms with E-state index in [0.29, 0.717) is 6.54 Å². The fourth-order valence-electron chi connectivity index (χ4n) is 2.60. The summed E-state index contributed by atoms with van der Waals surface area (Å²) < 4.78 is 7.04. The van der Waals surface area contributed by atoms with Gasteiger partial charge < -0.3 is 4.74 Å². The molecule has 0 atom stereocenters. The highest BCUT2D eigenvalue weighted by Crippen LogP contribution is 2.21. The zero-order valence-corrected chi connectivity index (χ0v) is 14.8. The van der Waals surface area contributed by atoms with E-state index in [9.17, 15) is 4.79 Å². The van der Waals surface area contributed by atoms with E-state index >= 15 is 0 Å². The molecule has 0 aliphatic heterocycles. The third kappa shape index (κ3) is 4.15. The van der Waals surface area contributed by atoms with Gasteiger partial charge in [-0.2, -0.15) is 0 Å². The Morgan fingerprint density at radius 1 is 1.08 bits per heavy atom. The van der Waals surface area contributed by atoms with E-state index in [4.69, 9.17) is 4.74 Å². The van der Waals surface area contributed by atoms with Gasteiger partial charge in [-0.15, -0.1) is 0 Å². The van der Waals surface area contributed by atoms with Crippen LogP contribution in [0.25, 0.3) is 10.9 Å². The quantitative estimate of drug-likeness (QED) is 0.630. The number of carbonyl (C=O) groups excluding carboxylic acids is 1. The van der Waals surface area contributed by atoms with Crippen molar-refractivity contribution in [3.05, 3.63) is 71.9 Å². The summed E-state index contributed by atoms with van der Waals surface area (Å²) >= 11 is 0. The highest BCUT2D eigenvalue weighted by atomic mass is 16.6. The van der Waals surface area contributed by atoms with Crippen molar-refractivity contribution in [1.82, 2.24) is 4.57 Å². The van der Waals surface area contributed by atoms with Gasteiger partial charge >= 0.3 is 6.09 Å². The maximum Gasteiger partial charge on any atom is 0.419 e.